The van der Waals surface area contributed by atoms with Crippen molar-refractivity contribution in [2.75, 3.05) is 18.9 Å². The molecule has 3 nitrogen and oxygen atoms in total. The lowest BCUT2D eigenvalue weighted by Crippen LogP contribution is -2.38. The van der Waals surface area contributed by atoms with Gasteiger partial charge in [0.05, 0.1) is 5.92 Å². The molecule has 1 heterocycles. The molecule has 0 aliphatic carbocycles. The molecule has 120 valence electrons. The predicted octanol–water partition coefficient (Wildman–Crippen LogP) is 3.80. The largest absolute Gasteiger partial charge is 0.492 e. The Kier molecular flexibility index (Phi) is 5.47. The van der Waals surface area contributed by atoms with Crippen LogP contribution < -0.4 is 10.1 Å². The molecule has 1 aliphatic rings. The molecule has 0 bridgehead atoms. The fourth-order valence-corrected chi connectivity index (χ4v) is 3.52. The minimum Gasteiger partial charge on any atom is -0.492 e. The van der Waals surface area contributed by atoms with Gasteiger partial charge in [-0.25, -0.2) is 0 Å². The summed E-state index contributed by atoms with van der Waals surface area (Å²) >= 11 is 7.74. The van der Waals surface area contributed by atoms with Crippen molar-refractivity contribution >= 4 is 29.3 Å². The molecule has 23 heavy (non-hydrogen) atoms. The molecule has 0 aromatic heterocycles. The van der Waals surface area contributed by atoms with Crippen LogP contribution in [0.25, 0.3) is 0 Å². The molecular formula is C18H18ClNO2S. The zero-order valence-corrected chi connectivity index (χ0v) is 14.2. The number of rotatable bonds is 5. The second kappa shape index (κ2) is 7.75. The van der Waals surface area contributed by atoms with E-state index in [0.717, 1.165) is 17.1 Å². The second-order valence-electron chi connectivity index (χ2n) is 5.42. The van der Waals surface area contributed by atoms with Gasteiger partial charge < -0.3 is 10.1 Å². The normalized spacial score (nSPS) is 16.3. The van der Waals surface area contributed by atoms with E-state index in [1.807, 2.05) is 36.4 Å². The average molecular weight is 348 g/mol. The molecule has 1 aliphatic heterocycles. The van der Waals surface area contributed by atoms with E-state index in [2.05, 4.69) is 17.4 Å². The number of ether oxygens (including phenoxy) is 1. The smallest absolute Gasteiger partial charge is 0.226 e. The number of fused-ring (bicyclic) bond motifs is 1. The van der Waals surface area contributed by atoms with Crippen molar-refractivity contribution < 1.29 is 9.53 Å². The zero-order valence-electron chi connectivity index (χ0n) is 12.6. The maximum absolute atomic E-state index is 12.3. The summed E-state index contributed by atoms with van der Waals surface area (Å²) < 4.78 is 5.66. The van der Waals surface area contributed by atoms with Gasteiger partial charge in [-0.2, -0.15) is 0 Å². The minimum atomic E-state index is -0.150. The Hall–Kier alpha value is -1.65. The Morgan fingerprint density at radius 1 is 1.26 bits per heavy atom. The van der Waals surface area contributed by atoms with Crippen LogP contribution in [-0.2, 0) is 11.2 Å². The highest BCUT2D eigenvalue weighted by Crippen LogP contribution is 2.29. The first-order valence-electron chi connectivity index (χ1n) is 7.59. The number of carbonyl (C=O) groups is 1. The molecule has 5 heteroatoms. The summed E-state index contributed by atoms with van der Waals surface area (Å²) in [5.41, 5.74) is 1.00. The Balaban J connectivity index is 1.46. The number of carbonyl (C=O) groups excluding carboxylic acids is 1. The van der Waals surface area contributed by atoms with E-state index in [4.69, 9.17) is 16.3 Å². The number of nitrogens with one attached hydrogen (secondary N) is 1. The SMILES string of the molecule is O=C(NCCSc1ccccc1)[C@H]1COc2ccc(Cl)cc2C1. The van der Waals surface area contributed by atoms with Crippen LogP contribution in [-0.4, -0.2) is 24.8 Å². The standard InChI is InChI=1S/C18H18ClNO2S/c19-15-6-7-17-13(11-15)10-14(12-22-17)18(21)20-8-9-23-16-4-2-1-3-5-16/h1-7,11,14H,8-10,12H2,(H,20,21)/t14-/m1/s1. The van der Waals surface area contributed by atoms with Crippen LogP contribution in [0.15, 0.2) is 53.4 Å². The molecule has 0 radical (unpaired) electrons. The van der Waals surface area contributed by atoms with Crippen LogP contribution in [0.2, 0.25) is 5.02 Å². The van der Waals surface area contributed by atoms with Gasteiger partial charge in [-0.3, -0.25) is 4.79 Å². The number of hydrogen-bond acceptors (Lipinski definition) is 3. The van der Waals surface area contributed by atoms with Gasteiger partial charge in [0.25, 0.3) is 0 Å². The first-order valence-corrected chi connectivity index (χ1v) is 8.95. The monoisotopic (exact) mass is 347 g/mol. The number of amides is 1. The molecule has 0 unspecified atom stereocenters. The van der Waals surface area contributed by atoms with Crippen molar-refractivity contribution in [1.82, 2.24) is 5.32 Å². The summed E-state index contributed by atoms with van der Waals surface area (Å²) in [6.45, 7) is 1.07. The van der Waals surface area contributed by atoms with Crippen LogP contribution in [0.3, 0.4) is 0 Å². The number of benzene rings is 2. The van der Waals surface area contributed by atoms with Gasteiger partial charge in [0.15, 0.2) is 0 Å². The van der Waals surface area contributed by atoms with Gasteiger partial charge in [-0.1, -0.05) is 29.8 Å². The van der Waals surface area contributed by atoms with Crippen molar-refractivity contribution in [2.24, 2.45) is 5.92 Å². The first-order chi connectivity index (χ1) is 11.2. The van der Waals surface area contributed by atoms with Crippen molar-refractivity contribution in [1.29, 1.82) is 0 Å². The molecule has 2 aromatic rings. The van der Waals surface area contributed by atoms with Crippen LogP contribution in [0.1, 0.15) is 5.56 Å². The molecule has 0 saturated heterocycles. The molecule has 0 fully saturated rings. The van der Waals surface area contributed by atoms with Gasteiger partial charge in [0, 0.05) is 22.2 Å². The number of halogens is 1. The Bertz CT molecular complexity index is 678. The highest BCUT2D eigenvalue weighted by molar-refractivity contribution is 7.99. The summed E-state index contributed by atoms with van der Waals surface area (Å²) in [6, 6.07) is 15.7. The molecular weight excluding hydrogens is 330 g/mol. The fourth-order valence-electron chi connectivity index (χ4n) is 2.54. The van der Waals surface area contributed by atoms with Crippen LogP contribution >= 0.6 is 23.4 Å². The Morgan fingerprint density at radius 2 is 2.09 bits per heavy atom. The Labute approximate surface area is 145 Å². The third-order valence-electron chi connectivity index (χ3n) is 3.71. The van der Waals surface area contributed by atoms with E-state index >= 15 is 0 Å². The van der Waals surface area contributed by atoms with Crippen LogP contribution in [0.5, 0.6) is 5.75 Å². The van der Waals surface area contributed by atoms with Crippen LogP contribution in [0.4, 0.5) is 0 Å². The van der Waals surface area contributed by atoms with Gasteiger partial charge in [0.2, 0.25) is 5.91 Å². The Morgan fingerprint density at radius 3 is 2.91 bits per heavy atom. The van der Waals surface area contributed by atoms with E-state index in [1.165, 1.54) is 4.90 Å². The second-order valence-corrected chi connectivity index (χ2v) is 7.02. The molecule has 1 atom stereocenters. The highest BCUT2D eigenvalue weighted by atomic mass is 35.5. The maximum Gasteiger partial charge on any atom is 0.226 e. The summed E-state index contributed by atoms with van der Waals surface area (Å²) in [7, 11) is 0. The lowest BCUT2D eigenvalue weighted by molar-refractivity contribution is -0.126. The summed E-state index contributed by atoms with van der Waals surface area (Å²) in [5, 5.41) is 3.67. The lowest BCUT2D eigenvalue weighted by atomic mass is 9.96. The molecule has 1 N–H and O–H groups in total. The topological polar surface area (TPSA) is 38.3 Å². The third kappa shape index (κ3) is 4.43. The summed E-state index contributed by atoms with van der Waals surface area (Å²) in [5.74, 6) is 1.58. The predicted molar refractivity (Wildman–Crippen MR) is 94.3 cm³/mol. The highest BCUT2D eigenvalue weighted by Gasteiger charge is 2.25. The fraction of sp³-hybridized carbons (Fsp3) is 0.278. The van der Waals surface area contributed by atoms with E-state index in [9.17, 15) is 4.79 Å². The van der Waals surface area contributed by atoms with Crippen molar-refractivity contribution in [3.63, 3.8) is 0 Å². The zero-order chi connectivity index (χ0) is 16.1. The van der Waals surface area contributed by atoms with Crippen molar-refractivity contribution in [3.8, 4) is 5.75 Å². The molecule has 0 spiro atoms. The first kappa shape index (κ1) is 16.2. The average Bonchev–Trinajstić information content (AvgIpc) is 2.58. The van der Waals surface area contributed by atoms with Gasteiger partial charge in [0.1, 0.15) is 12.4 Å². The summed E-state index contributed by atoms with van der Waals surface area (Å²) in [4.78, 5) is 13.5. The van der Waals surface area contributed by atoms with E-state index in [1.54, 1.807) is 11.8 Å². The van der Waals surface area contributed by atoms with E-state index in [0.29, 0.717) is 24.6 Å². The van der Waals surface area contributed by atoms with Crippen molar-refractivity contribution in [3.05, 3.63) is 59.1 Å². The van der Waals surface area contributed by atoms with Gasteiger partial charge >= 0.3 is 0 Å². The quantitative estimate of drug-likeness (QED) is 0.660. The van der Waals surface area contributed by atoms with E-state index < -0.39 is 0 Å². The number of hydrogen-bond donors (Lipinski definition) is 1. The maximum atomic E-state index is 12.3. The minimum absolute atomic E-state index is 0.0456. The lowest BCUT2D eigenvalue weighted by Gasteiger charge is -2.24. The number of thioether (sulfide) groups is 1. The van der Waals surface area contributed by atoms with Gasteiger partial charge in [-0.15, -0.1) is 11.8 Å². The molecule has 0 saturated carbocycles. The van der Waals surface area contributed by atoms with Crippen molar-refractivity contribution in [2.45, 2.75) is 11.3 Å². The van der Waals surface area contributed by atoms with E-state index in [-0.39, 0.29) is 11.8 Å². The molecule has 3 rings (SSSR count). The van der Waals surface area contributed by atoms with Crippen LogP contribution in [0, 0.1) is 5.92 Å². The summed E-state index contributed by atoms with van der Waals surface area (Å²) in [6.07, 6.45) is 0.674. The van der Waals surface area contributed by atoms with Gasteiger partial charge in [-0.05, 0) is 42.3 Å². The molecule has 1 amide bonds. The molecule has 2 aromatic carbocycles. The third-order valence-corrected chi connectivity index (χ3v) is 4.96.